The molecule has 4 N–H and O–H groups in total. The first-order chi connectivity index (χ1) is 41.1. The third kappa shape index (κ3) is 13.1. The molecule has 10 rings (SSSR count). The highest BCUT2D eigenvalue weighted by Gasteiger charge is 2.51. The summed E-state index contributed by atoms with van der Waals surface area (Å²) in [6, 6.07) is 18.4. The van der Waals surface area contributed by atoms with Crippen LogP contribution < -0.4 is 40.0 Å². The summed E-state index contributed by atoms with van der Waals surface area (Å²) in [7, 11) is 3.47. The van der Waals surface area contributed by atoms with Gasteiger partial charge in [0.2, 0.25) is 23.6 Å². The summed E-state index contributed by atoms with van der Waals surface area (Å²) in [5, 5.41) is 21.8. The number of carbonyl (C=O) groups is 9. The number of piperazine rings is 1. The van der Waals surface area contributed by atoms with Gasteiger partial charge in [0.1, 0.15) is 17.8 Å². The van der Waals surface area contributed by atoms with Gasteiger partial charge in [0.05, 0.1) is 43.2 Å². The Morgan fingerprint density at radius 2 is 1.45 bits per heavy atom. The number of unbranched alkanes of at least 4 members (excludes halogenated alkanes) is 4. The van der Waals surface area contributed by atoms with Crippen molar-refractivity contribution >= 4 is 81.4 Å². The van der Waals surface area contributed by atoms with Crippen molar-refractivity contribution in [2.75, 3.05) is 94.8 Å². The Morgan fingerprint density at radius 1 is 0.729 bits per heavy atom. The molecule has 0 radical (unpaired) electrons. The Kier molecular flexibility index (Phi) is 18.6. The summed E-state index contributed by atoms with van der Waals surface area (Å²) in [6.07, 6.45) is 6.73. The normalized spacial score (nSPS) is 18.8. The summed E-state index contributed by atoms with van der Waals surface area (Å²) in [5.74, 6) is -1.64. The van der Waals surface area contributed by atoms with Gasteiger partial charge in [0.15, 0.2) is 17.7 Å². The first-order valence-corrected chi connectivity index (χ1v) is 29.4. The molecule has 5 aliphatic heterocycles. The van der Waals surface area contributed by atoms with Gasteiger partial charge in [-0.25, -0.2) is 14.5 Å². The Hall–Kier alpha value is -8.57. The van der Waals surface area contributed by atoms with Gasteiger partial charge in [-0.05, 0) is 112 Å². The van der Waals surface area contributed by atoms with E-state index in [1.54, 1.807) is 39.0 Å². The van der Waals surface area contributed by atoms with E-state index in [1.165, 1.54) is 36.3 Å². The second-order valence-electron chi connectivity index (χ2n) is 22.4. The monoisotopic (exact) mass is 1170 g/mol. The fourth-order valence-electron chi connectivity index (χ4n) is 11.9. The van der Waals surface area contributed by atoms with Gasteiger partial charge in [-0.1, -0.05) is 42.8 Å². The minimum absolute atomic E-state index is 0.0345. The quantitative estimate of drug-likeness (QED) is 0.0422. The van der Waals surface area contributed by atoms with Crippen LogP contribution in [0.2, 0.25) is 0 Å². The SMILES string of the molecule is COc1cc2c(cc1OCCCCCC(=O)N1CCc3c1cc(OC(=O)N1CCN(C)CC1)c1ccccc31)N(C(=O)OCc1ccc(NC(=O)CNC(=O)C3(C(=O)NCCCCCN4C(=O)C=CC4=O)CCC3)cc1)C(O)[C@@H]1CCCN1C2=O. The van der Waals surface area contributed by atoms with Gasteiger partial charge in [-0.3, -0.25) is 38.5 Å². The molecule has 23 nitrogen and oxygen atoms in total. The lowest BCUT2D eigenvalue weighted by Crippen LogP contribution is -2.56. The molecule has 3 fully saturated rings. The molecule has 6 aliphatic rings. The predicted octanol–water partition coefficient (Wildman–Crippen LogP) is 5.64. The van der Waals surface area contributed by atoms with Gasteiger partial charge in [0.25, 0.3) is 17.7 Å². The number of hydrogen-bond donors (Lipinski definition) is 4. The van der Waals surface area contributed by atoms with Gasteiger partial charge >= 0.3 is 12.2 Å². The smallest absolute Gasteiger partial charge is 0.416 e. The molecule has 2 atom stereocenters. The molecule has 0 aromatic heterocycles. The maximum Gasteiger partial charge on any atom is 0.416 e. The van der Waals surface area contributed by atoms with Gasteiger partial charge in [-0.2, -0.15) is 0 Å². The van der Waals surface area contributed by atoms with Gasteiger partial charge in [-0.15, -0.1) is 0 Å². The highest BCUT2D eigenvalue weighted by atomic mass is 16.6. The molecule has 9 amide bonds. The summed E-state index contributed by atoms with van der Waals surface area (Å²) in [6.45, 7) is 3.78. The van der Waals surface area contributed by atoms with E-state index in [9.17, 15) is 48.3 Å². The summed E-state index contributed by atoms with van der Waals surface area (Å²) in [4.78, 5) is 128. The van der Waals surface area contributed by atoms with Crippen LogP contribution in [-0.4, -0.2) is 170 Å². The van der Waals surface area contributed by atoms with E-state index in [4.69, 9.17) is 18.9 Å². The standard InChI is InChI=1S/C62H73N9O14/c1-66-30-32-67(33-31-66)60(80)85-49-36-47-43(42-13-6-7-14-44(42)49)23-29-68(47)53(73)16-5-3-10-34-83-51-37-48-45(35-50(51)82-2)56(76)69-28-11-15-46(69)57(77)71(48)61(81)84-39-40-17-19-41(20-18-40)65-52(72)38-64-59(79)62(24-12-25-62)58(78)63-26-8-4-9-27-70-54(74)21-22-55(70)75/h6-7,13-14,17-22,35-37,46,57,77H,3-5,8-12,15-16,23-34,38-39H2,1-2H3,(H,63,78)(H,64,79)(H,65,72)/t46-,57?/m0/s1. The number of benzene rings is 4. The largest absolute Gasteiger partial charge is 0.493 e. The number of methoxy groups -OCH3 is 1. The predicted molar refractivity (Wildman–Crippen MR) is 312 cm³/mol. The molecule has 5 heterocycles. The highest BCUT2D eigenvalue weighted by molar-refractivity contribution is 6.13. The molecular formula is C62H73N9O14. The Labute approximate surface area is 492 Å². The van der Waals surface area contributed by atoms with E-state index in [-0.39, 0.29) is 72.6 Å². The zero-order chi connectivity index (χ0) is 59.8. The average molecular weight is 1170 g/mol. The number of aliphatic hydroxyl groups excluding tert-OH is 1. The van der Waals surface area contributed by atoms with Crippen molar-refractivity contribution in [3.8, 4) is 17.2 Å². The van der Waals surface area contributed by atoms with Crippen molar-refractivity contribution in [3.05, 3.63) is 95.6 Å². The fraction of sp³-hybridized carbons (Fsp3) is 0.468. The van der Waals surface area contributed by atoms with Gasteiger partial charge < -0.3 is 59.6 Å². The fourth-order valence-corrected chi connectivity index (χ4v) is 11.9. The third-order valence-corrected chi connectivity index (χ3v) is 17.0. The second kappa shape index (κ2) is 26.6. The van der Waals surface area contributed by atoms with Crippen LogP contribution >= 0.6 is 0 Å². The molecule has 0 spiro atoms. The number of aliphatic hydroxyl groups is 1. The second-order valence-corrected chi connectivity index (χ2v) is 22.4. The lowest BCUT2D eigenvalue weighted by atomic mass is 9.67. The number of hydrogen-bond acceptors (Lipinski definition) is 15. The number of nitrogens with zero attached hydrogens (tertiary/aromatic N) is 6. The topological polar surface area (TPSA) is 266 Å². The maximum atomic E-state index is 14.2. The Balaban J connectivity index is 0.699. The molecule has 85 heavy (non-hydrogen) atoms. The van der Waals surface area contributed by atoms with Crippen molar-refractivity contribution in [1.29, 1.82) is 0 Å². The molecule has 4 aromatic carbocycles. The van der Waals surface area contributed by atoms with Crippen LogP contribution in [0.3, 0.4) is 0 Å². The number of nitrogens with one attached hydrogen (secondary N) is 3. The van der Waals surface area contributed by atoms with Crippen LogP contribution in [0.5, 0.6) is 17.2 Å². The number of amides is 9. The molecule has 23 heteroatoms. The van der Waals surface area contributed by atoms with Gasteiger partial charge in [0, 0.05) is 94.1 Å². The maximum absolute atomic E-state index is 14.2. The summed E-state index contributed by atoms with van der Waals surface area (Å²) >= 11 is 0. The van der Waals surface area contributed by atoms with Crippen molar-refractivity contribution in [2.24, 2.45) is 5.41 Å². The minimum atomic E-state index is -1.46. The lowest BCUT2D eigenvalue weighted by molar-refractivity contribution is -0.150. The molecule has 2 saturated heterocycles. The van der Waals surface area contributed by atoms with Crippen LogP contribution in [0, 0.1) is 5.41 Å². The Bertz CT molecular complexity index is 3250. The first-order valence-electron chi connectivity index (χ1n) is 29.4. The van der Waals surface area contributed by atoms with Crippen LogP contribution in [0.15, 0.2) is 78.9 Å². The van der Waals surface area contributed by atoms with Crippen molar-refractivity contribution in [2.45, 2.75) is 102 Å². The zero-order valence-corrected chi connectivity index (χ0v) is 48.1. The number of carbonyl (C=O) groups excluding carboxylic acids is 9. The van der Waals surface area contributed by atoms with E-state index < -0.39 is 47.6 Å². The van der Waals surface area contributed by atoms with Crippen molar-refractivity contribution in [1.82, 2.24) is 30.2 Å². The zero-order valence-electron chi connectivity index (χ0n) is 48.1. The minimum Gasteiger partial charge on any atom is -0.493 e. The molecule has 1 saturated carbocycles. The van der Waals surface area contributed by atoms with Crippen LogP contribution in [0.25, 0.3) is 10.8 Å². The number of imide groups is 1. The first kappa shape index (κ1) is 59.6. The van der Waals surface area contributed by atoms with Crippen LogP contribution in [0.1, 0.15) is 98.5 Å². The number of ether oxygens (including phenoxy) is 4. The summed E-state index contributed by atoms with van der Waals surface area (Å²) < 4.78 is 23.8. The molecule has 1 aliphatic carbocycles. The number of likely N-dealkylation sites (N-methyl/N-ethyl adjacent to an activating group) is 1. The van der Waals surface area contributed by atoms with Crippen molar-refractivity contribution in [3.63, 3.8) is 0 Å². The Morgan fingerprint density at radius 3 is 2.18 bits per heavy atom. The molecule has 0 bridgehead atoms. The molecular weight excluding hydrogens is 1090 g/mol. The van der Waals surface area contributed by atoms with E-state index >= 15 is 0 Å². The highest BCUT2D eigenvalue weighted by Crippen LogP contribution is 2.44. The van der Waals surface area contributed by atoms with Crippen LogP contribution in [0.4, 0.5) is 26.7 Å². The lowest BCUT2D eigenvalue weighted by Gasteiger charge is -2.38. The molecule has 1 unspecified atom stereocenters. The molecule has 4 aromatic rings. The van der Waals surface area contributed by atoms with E-state index in [0.29, 0.717) is 133 Å². The number of rotatable bonds is 22. The van der Waals surface area contributed by atoms with Crippen molar-refractivity contribution < 1.29 is 67.2 Å². The number of anilines is 3. The van der Waals surface area contributed by atoms with E-state index in [2.05, 4.69) is 20.9 Å². The van der Waals surface area contributed by atoms with E-state index in [1.807, 2.05) is 37.4 Å². The third-order valence-electron chi connectivity index (χ3n) is 17.0. The average Bonchev–Trinajstić information content (AvgIpc) is 2.09. The molecule has 450 valence electrons. The number of fused-ring (bicyclic) bond motifs is 5. The van der Waals surface area contributed by atoms with E-state index in [0.717, 1.165) is 40.0 Å². The summed E-state index contributed by atoms with van der Waals surface area (Å²) in [5.41, 5.74) is 1.67. The van der Waals surface area contributed by atoms with Crippen LogP contribution in [-0.2, 0) is 46.5 Å².